The van der Waals surface area contributed by atoms with Gasteiger partial charge in [0.15, 0.2) is 5.15 Å². The van der Waals surface area contributed by atoms with E-state index in [4.69, 9.17) is 11.6 Å². The summed E-state index contributed by atoms with van der Waals surface area (Å²) in [6.07, 6.45) is 3.47. The molecule has 0 bridgehead atoms. The first-order valence-electron chi connectivity index (χ1n) is 6.39. The van der Waals surface area contributed by atoms with Crippen molar-refractivity contribution >= 4 is 28.3 Å². The molecular weight excluding hydrogens is 272 g/mol. The minimum Gasteiger partial charge on any atom is -0.369 e. The molecule has 1 aromatic carbocycles. The molecule has 0 fully saturated rings. The van der Waals surface area contributed by atoms with Crippen molar-refractivity contribution in [2.45, 2.75) is 6.92 Å². The fraction of sp³-hybridized carbons (Fsp3) is 0.133. The molecule has 5 heteroatoms. The maximum absolute atomic E-state index is 6.22. The lowest BCUT2D eigenvalue weighted by atomic mass is 10.1. The van der Waals surface area contributed by atoms with Gasteiger partial charge in [-0.2, -0.15) is 0 Å². The van der Waals surface area contributed by atoms with E-state index in [-0.39, 0.29) is 0 Å². The molecular formula is C15H13ClN4. The topological polar surface area (TPSA) is 50.7 Å². The van der Waals surface area contributed by atoms with Gasteiger partial charge in [0, 0.05) is 23.7 Å². The fourth-order valence-corrected chi connectivity index (χ4v) is 2.30. The summed E-state index contributed by atoms with van der Waals surface area (Å²) in [6.45, 7) is 2.78. The van der Waals surface area contributed by atoms with E-state index in [0.717, 1.165) is 23.0 Å². The Balaban J connectivity index is 2.06. The van der Waals surface area contributed by atoms with E-state index in [0.29, 0.717) is 16.7 Å². The van der Waals surface area contributed by atoms with Crippen molar-refractivity contribution in [3.8, 4) is 11.3 Å². The standard InChI is InChI=1S/C15H13ClN4/c1-2-17-13-9-19-14(15(16)20-13)11-5-6-12-10(8-11)4-3-7-18-12/h3-9H,2H2,1H3,(H,17,20). The predicted octanol–water partition coefficient (Wildman–Crippen LogP) is 3.78. The second kappa shape index (κ2) is 5.43. The molecule has 0 amide bonds. The number of hydrogen-bond donors (Lipinski definition) is 1. The van der Waals surface area contributed by atoms with Crippen LogP contribution >= 0.6 is 11.6 Å². The van der Waals surface area contributed by atoms with Crippen molar-refractivity contribution in [1.82, 2.24) is 15.0 Å². The third-order valence-corrected chi connectivity index (χ3v) is 3.23. The second-order valence-electron chi connectivity index (χ2n) is 4.34. The molecule has 0 saturated carbocycles. The maximum atomic E-state index is 6.22. The number of fused-ring (bicyclic) bond motifs is 1. The minimum atomic E-state index is 0.395. The molecule has 0 aliphatic rings. The predicted molar refractivity (Wildman–Crippen MR) is 81.9 cm³/mol. The van der Waals surface area contributed by atoms with Gasteiger partial charge in [0.25, 0.3) is 0 Å². The average Bonchev–Trinajstić information content (AvgIpc) is 2.47. The molecule has 3 rings (SSSR count). The lowest BCUT2D eigenvalue weighted by Crippen LogP contribution is -2.01. The number of halogens is 1. The summed E-state index contributed by atoms with van der Waals surface area (Å²) in [6, 6.07) is 9.86. The zero-order chi connectivity index (χ0) is 13.9. The van der Waals surface area contributed by atoms with Crippen LogP contribution in [0.25, 0.3) is 22.2 Å². The van der Waals surface area contributed by atoms with Crippen molar-refractivity contribution in [2.24, 2.45) is 0 Å². The van der Waals surface area contributed by atoms with Crippen molar-refractivity contribution in [1.29, 1.82) is 0 Å². The van der Waals surface area contributed by atoms with Gasteiger partial charge in [-0.1, -0.05) is 23.7 Å². The number of aromatic nitrogens is 3. The van der Waals surface area contributed by atoms with Crippen LogP contribution in [0, 0.1) is 0 Å². The van der Waals surface area contributed by atoms with Gasteiger partial charge in [-0.25, -0.2) is 9.97 Å². The molecule has 3 aromatic rings. The van der Waals surface area contributed by atoms with Gasteiger partial charge in [0.05, 0.1) is 11.7 Å². The van der Waals surface area contributed by atoms with Gasteiger partial charge in [-0.15, -0.1) is 0 Å². The summed E-state index contributed by atoms with van der Waals surface area (Å²) < 4.78 is 0. The number of anilines is 1. The summed E-state index contributed by atoms with van der Waals surface area (Å²) in [7, 11) is 0. The average molecular weight is 285 g/mol. The van der Waals surface area contributed by atoms with Crippen LogP contribution in [0.1, 0.15) is 6.92 Å². The Labute approximate surface area is 121 Å². The Hall–Kier alpha value is -2.20. The molecule has 2 aromatic heterocycles. The summed E-state index contributed by atoms with van der Waals surface area (Å²) in [5.41, 5.74) is 2.56. The Morgan fingerprint density at radius 1 is 1.20 bits per heavy atom. The van der Waals surface area contributed by atoms with Crippen LogP contribution in [-0.2, 0) is 0 Å². The van der Waals surface area contributed by atoms with Crippen LogP contribution in [0.3, 0.4) is 0 Å². The molecule has 100 valence electrons. The SMILES string of the molecule is CCNc1cnc(-c2ccc3ncccc3c2)c(Cl)n1. The normalized spacial score (nSPS) is 10.7. The van der Waals surface area contributed by atoms with Crippen molar-refractivity contribution in [3.63, 3.8) is 0 Å². The molecule has 20 heavy (non-hydrogen) atoms. The Bertz CT molecular complexity index is 758. The highest BCUT2D eigenvalue weighted by Crippen LogP contribution is 2.27. The highest BCUT2D eigenvalue weighted by Gasteiger charge is 2.08. The summed E-state index contributed by atoms with van der Waals surface area (Å²) >= 11 is 6.22. The van der Waals surface area contributed by atoms with E-state index < -0.39 is 0 Å². The first kappa shape index (κ1) is 12.8. The van der Waals surface area contributed by atoms with E-state index in [9.17, 15) is 0 Å². The van der Waals surface area contributed by atoms with Crippen LogP contribution in [0.2, 0.25) is 5.15 Å². The van der Waals surface area contributed by atoms with Crippen LogP contribution in [0.5, 0.6) is 0 Å². The number of nitrogens with zero attached hydrogens (tertiary/aromatic N) is 3. The van der Waals surface area contributed by atoms with E-state index in [1.165, 1.54) is 0 Å². The third kappa shape index (κ3) is 2.42. The summed E-state index contributed by atoms with van der Waals surface area (Å²) in [4.78, 5) is 13.0. The Kier molecular flexibility index (Phi) is 3.48. The van der Waals surface area contributed by atoms with Crippen molar-refractivity contribution < 1.29 is 0 Å². The highest BCUT2D eigenvalue weighted by molar-refractivity contribution is 6.32. The maximum Gasteiger partial charge on any atom is 0.157 e. The molecule has 1 N–H and O–H groups in total. The minimum absolute atomic E-state index is 0.395. The van der Waals surface area contributed by atoms with E-state index >= 15 is 0 Å². The number of benzene rings is 1. The van der Waals surface area contributed by atoms with E-state index in [2.05, 4.69) is 20.3 Å². The summed E-state index contributed by atoms with van der Waals surface area (Å²) in [5, 5.41) is 4.54. The quantitative estimate of drug-likeness (QED) is 0.795. The van der Waals surface area contributed by atoms with Gasteiger partial charge in [-0.3, -0.25) is 4.98 Å². The number of nitrogens with one attached hydrogen (secondary N) is 1. The van der Waals surface area contributed by atoms with Crippen LogP contribution in [0.4, 0.5) is 5.82 Å². The van der Waals surface area contributed by atoms with E-state index in [1.807, 2.05) is 37.3 Å². The van der Waals surface area contributed by atoms with Gasteiger partial charge >= 0.3 is 0 Å². The van der Waals surface area contributed by atoms with Crippen LogP contribution < -0.4 is 5.32 Å². The monoisotopic (exact) mass is 284 g/mol. The fourth-order valence-electron chi connectivity index (χ4n) is 2.05. The molecule has 2 heterocycles. The summed E-state index contributed by atoms with van der Waals surface area (Å²) in [5.74, 6) is 0.684. The molecule has 0 saturated heterocycles. The van der Waals surface area contributed by atoms with E-state index in [1.54, 1.807) is 12.4 Å². The number of rotatable bonds is 3. The van der Waals surface area contributed by atoms with Gasteiger partial charge in [0.2, 0.25) is 0 Å². The molecule has 0 radical (unpaired) electrons. The molecule has 0 spiro atoms. The van der Waals surface area contributed by atoms with Crippen molar-refractivity contribution in [2.75, 3.05) is 11.9 Å². The smallest absolute Gasteiger partial charge is 0.157 e. The van der Waals surface area contributed by atoms with Crippen molar-refractivity contribution in [3.05, 3.63) is 47.9 Å². The molecule has 4 nitrogen and oxygen atoms in total. The lowest BCUT2D eigenvalue weighted by molar-refractivity contribution is 1.12. The van der Waals surface area contributed by atoms with Gasteiger partial charge in [0.1, 0.15) is 11.5 Å². The molecule has 0 aliphatic heterocycles. The first-order valence-corrected chi connectivity index (χ1v) is 6.77. The molecule has 0 unspecified atom stereocenters. The van der Waals surface area contributed by atoms with Gasteiger partial charge < -0.3 is 5.32 Å². The zero-order valence-corrected chi connectivity index (χ0v) is 11.7. The van der Waals surface area contributed by atoms with Crippen LogP contribution in [0.15, 0.2) is 42.7 Å². The largest absolute Gasteiger partial charge is 0.369 e. The highest BCUT2D eigenvalue weighted by atomic mass is 35.5. The lowest BCUT2D eigenvalue weighted by Gasteiger charge is -2.07. The third-order valence-electron chi connectivity index (χ3n) is 2.96. The zero-order valence-electron chi connectivity index (χ0n) is 11.0. The Morgan fingerprint density at radius 3 is 2.90 bits per heavy atom. The molecule has 0 atom stereocenters. The number of pyridine rings is 1. The van der Waals surface area contributed by atoms with Gasteiger partial charge in [-0.05, 0) is 25.1 Å². The second-order valence-corrected chi connectivity index (χ2v) is 4.69. The first-order chi connectivity index (χ1) is 9.78. The number of hydrogen-bond acceptors (Lipinski definition) is 4. The van der Waals surface area contributed by atoms with Crippen LogP contribution in [-0.4, -0.2) is 21.5 Å². The Morgan fingerprint density at radius 2 is 2.10 bits per heavy atom. The molecule has 0 aliphatic carbocycles.